The van der Waals surface area contributed by atoms with Crippen molar-refractivity contribution in [3.63, 3.8) is 0 Å². The second kappa shape index (κ2) is 46.5. The molecule has 1 atom stereocenters. The van der Waals surface area contributed by atoms with Crippen molar-refractivity contribution in [2.45, 2.75) is 226 Å². The smallest absolute Gasteiger partial charge is 0.306 e. The van der Waals surface area contributed by atoms with E-state index in [4.69, 9.17) is 14.2 Å². The highest BCUT2D eigenvalue weighted by Gasteiger charge is 2.19. The molecule has 0 fully saturated rings. The predicted octanol–water partition coefficient (Wildman–Crippen LogP) is 15.5. The van der Waals surface area contributed by atoms with E-state index >= 15 is 0 Å². The number of esters is 3. The van der Waals surface area contributed by atoms with Crippen LogP contribution in [0.15, 0.2) is 72.9 Å². The van der Waals surface area contributed by atoms with Crippen LogP contribution in [0.2, 0.25) is 0 Å². The Morgan fingerprint density at radius 1 is 0.362 bits per heavy atom. The molecular weight excluding hydrogens is 721 g/mol. The Labute approximate surface area is 357 Å². The summed E-state index contributed by atoms with van der Waals surface area (Å²) in [6, 6.07) is 0. The molecule has 332 valence electrons. The van der Waals surface area contributed by atoms with E-state index in [9.17, 15) is 14.4 Å². The van der Waals surface area contributed by atoms with Crippen LogP contribution in [0.4, 0.5) is 0 Å². The van der Waals surface area contributed by atoms with Crippen molar-refractivity contribution in [2.75, 3.05) is 13.2 Å². The molecule has 0 aromatic heterocycles. The Bertz CT molecular complexity index is 1110. The maximum absolute atomic E-state index is 12.7. The van der Waals surface area contributed by atoms with E-state index in [0.717, 1.165) is 116 Å². The number of hydrogen-bond acceptors (Lipinski definition) is 6. The minimum atomic E-state index is -0.788. The first kappa shape index (κ1) is 54.9. The van der Waals surface area contributed by atoms with Gasteiger partial charge in [0.05, 0.1) is 0 Å². The molecule has 0 bridgehead atoms. The largest absolute Gasteiger partial charge is 0.462 e. The molecule has 0 heterocycles. The van der Waals surface area contributed by atoms with Gasteiger partial charge in [0, 0.05) is 19.3 Å². The van der Waals surface area contributed by atoms with Gasteiger partial charge in [-0.15, -0.1) is 0 Å². The Morgan fingerprint density at radius 3 is 1.09 bits per heavy atom. The van der Waals surface area contributed by atoms with Crippen LogP contribution in [0.1, 0.15) is 220 Å². The van der Waals surface area contributed by atoms with Crippen LogP contribution in [-0.4, -0.2) is 37.2 Å². The average molecular weight is 809 g/mol. The Hall–Kier alpha value is -3.15. The lowest BCUT2D eigenvalue weighted by atomic mass is 10.1. The number of carbonyl (C=O) groups is 3. The Balaban J connectivity index is 4.29. The molecule has 0 saturated heterocycles. The highest BCUT2D eigenvalue weighted by atomic mass is 16.6. The fraction of sp³-hybridized carbons (Fsp3) is 0.712. The Kier molecular flexibility index (Phi) is 44.0. The normalized spacial score (nSPS) is 12.7. The fourth-order valence-corrected chi connectivity index (χ4v) is 6.34. The lowest BCUT2D eigenvalue weighted by molar-refractivity contribution is -0.167. The van der Waals surface area contributed by atoms with Gasteiger partial charge in [-0.25, -0.2) is 0 Å². The maximum atomic E-state index is 12.7. The first-order chi connectivity index (χ1) is 28.5. The number of hydrogen-bond donors (Lipinski definition) is 0. The number of rotatable bonds is 42. The molecule has 0 N–H and O–H groups in total. The van der Waals surface area contributed by atoms with Gasteiger partial charge in [-0.05, 0) is 89.9 Å². The molecule has 6 nitrogen and oxygen atoms in total. The first-order valence-electron chi connectivity index (χ1n) is 23.9. The van der Waals surface area contributed by atoms with Gasteiger partial charge in [0.2, 0.25) is 0 Å². The summed E-state index contributed by atoms with van der Waals surface area (Å²) in [7, 11) is 0. The van der Waals surface area contributed by atoms with Gasteiger partial charge in [0.1, 0.15) is 13.2 Å². The van der Waals surface area contributed by atoms with Gasteiger partial charge in [-0.2, -0.15) is 0 Å². The van der Waals surface area contributed by atoms with Gasteiger partial charge in [-0.3, -0.25) is 14.4 Å². The summed E-state index contributed by atoms with van der Waals surface area (Å²) in [6.45, 7) is 6.39. The van der Waals surface area contributed by atoms with Crippen LogP contribution in [0, 0.1) is 0 Å². The maximum Gasteiger partial charge on any atom is 0.306 e. The number of carbonyl (C=O) groups excluding carboxylic acids is 3. The van der Waals surface area contributed by atoms with E-state index in [2.05, 4.69) is 93.7 Å². The van der Waals surface area contributed by atoms with Gasteiger partial charge in [0.15, 0.2) is 6.10 Å². The third-order valence-electron chi connectivity index (χ3n) is 9.95. The summed E-state index contributed by atoms with van der Waals surface area (Å²) in [4.78, 5) is 37.6. The third kappa shape index (κ3) is 44.0. The molecule has 0 aliphatic heterocycles. The molecule has 6 heteroatoms. The lowest BCUT2D eigenvalue weighted by Crippen LogP contribution is -2.30. The van der Waals surface area contributed by atoms with Crippen LogP contribution in [-0.2, 0) is 28.6 Å². The van der Waals surface area contributed by atoms with E-state index in [1.165, 1.54) is 64.2 Å². The van der Waals surface area contributed by atoms with E-state index in [1.54, 1.807) is 0 Å². The van der Waals surface area contributed by atoms with E-state index in [1.807, 2.05) is 0 Å². The monoisotopic (exact) mass is 809 g/mol. The molecule has 58 heavy (non-hydrogen) atoms. The zero-order chi connectivity index (χ0) is 42.3. The Morgan fingerprint density at radius 2 is 0.672 bits per heavy atom. The zero-order valence-electron chi connectivity index (χ0n) is 37.8. The van der Waals surface area contributed by atoms with Crippen LogP contribution < -0.4 is 0 Å². The van der Waals surface area contributed by atoms with E-state index in [-0.39, 0.29) is 31.1 Å². The number of allylic oxidation sites excluding steroid dienone is 12. The summed E-state index contributed by atoms with van der Waals surface area (Å²) < 4.78 is 16.6. The predicted molar refractivity (Wildman–Crippen MR) is 247 cm³/mol. The summed E-state index contributed by atoms with van der Waals surface area (Å²) in [5, 5.41) is 0. The standard InChI is InChI=1S/C52H88O6/c1-4-7-10-13-15-17-19-21-23-25-26-27-29-30-32-34-36-39-42-45-51(54)57-48-49(47-56-50(53)44-41-38-12-9-6-3)58-52(55)46-43-40-37-35-33-31-28-24-22-20-18-16-14-11-8-5-2/h7,10,15,17,21,23-24,26-28,30,32,49H,4-6,8-9,11-14,16,18-20,22,25,29,31,33-48H2,1-3H3/b10-7-,17-15-,23-21-,27-26-,28-24-,32-30-. The van der Waals surface area contributed by atoms with Gasteiger partial charge >= 0.3 is 17.9 Å². The lowest BCUT2D eigenvalue weighted by Gasteiger charge is -2.18. The molecule has 0 aromatic rings. The molecular formula is C52H88O6. The molecule has 0 aliphatic rings. The van der Waals surface area contributed by atoms with Gasteiger partial charge < -0.3 is 14.2 Å². The van der Waals surface area contributed by atoms with Crippen molar-refractivity contribution in [2.24, 2.45) is 0 Å². The van der Waals surface area contributed by atoms with Gasteiger partial charge in [0.25, 0.3) is 0 Å². The number of unbranched alkanes of at least 4 members (excludes halogenated alkanes) is 19. The van der Waals surface area contributed by atoms with Crippen LogP contribution in [0.3, 0.4) is 0 Å². The minimum absolute atomic E-state index is 0.0907. The van der Waals surface area contributed by atoms with Crippen molar-refractivity contribution in [1.29, 1.82) is 0 Å². The van der Waals surface area contributed by atoms with Crippen LogP contribution >= 0.6 is 0 Å². The van der Waals surface area contributed by atoms with E-state index < -0.39 is 6.10 Å². The topological polar surface area (TPSA) is 78.9 Å². The van der Waals surface area contributed by atoms with E-state index in [0.29, 0.717) is 19.3 Å². The summed E-state index contributed by atoms with van der Waals surface area (Å²) in [5.74, 6) is -0.949. The molecule has 0 spiro atoms. The molecule has 0 rings (SSSR count). The van der Waals surface area contributed by atoms with Gasteiger partial charge in [-0.1, -0.05) is 184 Å². The summed E-state index contributed by atoms with van der Waals surface area (Å²) in [6.07, 6.45) is 57.7. The van der Waals surface area contributed by atoms with Crippen molar-refractivity contribution < 1.29 is 28.6 Å². The van der Waals surface area contributed by atoms with Crippen LogP contribution in [0.5, 0.6) is 0 Å². The van der Waals surface area contributed by atoms with Crippen molar-refractivity contribution in [3.8, 4) is 0 Å². The second-order valence-electron chi connectivity index (χ2n) is 15.6. The SMILES string of the molecule is CC/C=C\C/C=C\C/C=C\C/C=C\C/C=C\CCCCCC(=O)OCC(COC(=O)CCCCCCC)OC(=O)CCCCCCC/C=C\CCCCCCCCC. The zero-order valence-corrected chi connectivity index (χ0v) is 37.8. The van der Waals surface area contributed by atoms with Crippen molar-refractivity contribution in [1.82, 2.24) is 0 Å². The molecule has 0 aromatic carbocycles. The average Bonchev–Trinajstić information content (AvgIpc) is 3.22. The van der Waals surface area contributed by atoms with Crippen molar-refractivity contribution >= 4 is 17.9 Å². The summed E-state index contributed by atoms with van der Waals surface area (Å²) in [5.41, 5.74) is 0. The molecule has 0 saturated carbocycles. The fourth-order valence-electron chi connectivity index (χ4n) is 6.34. The van der Waals surface area contributed by atoms with Crippen molar-refractivity contribution in [3.05, 3.63) is 72.9 Å². The highest BCUT2D eigenvalue weighted by Crippen LogP contribution is 2.13. The quantitative estimate of drug-likeness (QED) is 0.0264. The second-order valence-corrected chi connectivity index (χ2v) is 15.6. The highest BCUT2D eigenvalue weighted by molar-refractivity contribution is 5.71. The molecule has 0 radical (unpaired) electrons. The third-order valence-corrected chi connectivity index (χ3v) is 9.95. The minimum Gasteiger partial charge on any atom is -0.462 e. The number of ether oxygens (including phenoxy) is 3. The first-order valence-corrected chi connectivity index (χ1v) is 23.9. The molecule has 0 aliphatic carbocycles. The van der Waals surface area contributed by atoms with Crippen LogP contribution in [0.25, 0.3) is 0 Å². The summed E-state index contributed by atoms with van der Waals surface area (Å²) >= 11 is 0. The molecule has 0 amide bonds. The molecule has 1 unspecified atom stereocenters.